The number of hydrogen-bond donors (Lipinski definition) is 9. The van der Waals surface area contributed by atoms with Crippen molar-refractivity contribution in [1.82, 2.24) is 20.9 Å². The molecule has 1 aromatic carbocycles. The highest BCUT2D eigenvalue weighted by molar-refractivity contribution is 7.80. The van der Waals surface area contributed by atoms with Crippen molar-refractivity contribution >= 4 is 47.2 Å². The fourth-order valence-electron chi connectivity index (χ4n) is 3.78. The highest BCUT2D eigenvalue weighted by Crippen LogP contribution is 2.19. The van der Waals surface area contributed by atoms with Crippen molar-refractivity contribution in [2.45, 2.75) is 62.9 Å². The lowest BCUT2D eigenvalue weighted by molar-refractivity contribution is -0.142. The Balaban J connectivity index is 2.10. The molecule has 3 amide bonds. The van der Waals surface area contributed by atoms with Gasteiger partial charge in [-0.25, -0.2) is 4.79 Å². The molecule has 0 aliphatic heterocycles. The van der Waals surface area contributed by atoms with E-state index in [1.54, 1.807) is 6.20 Å². The third-order valence-corrected chi connectivity index (χ3v) is 6.26. The Labute approximate surface area is 220 Å². The van der Waals surface area contributed by atoms with Crippen molar-refractivity contribution in [3.63, 3.8) is 0 Å². The summed E-state index contributed by atoms with van der Waals surface area (Å²) in [6.45, 7) is 1.67. The molecule has 12 nitrogen and oxygen atoms in total. The maximum Gasteiger partial charge on any atom is 0.327 e. The maximum atomic E-state index is 13.1. The van der Waals surface area contributed by atoms with E-state index in [0.29, 0.717) is 19.4 Å². The number of hydrogen-bond acceptors (Lipinski definition) is 8. The number of rotatable bonds is 15. The summed E-state index contributed by atoms with van der Waals surface area (Å²) in [5.74, 6) is -3.67. The molecule has 0 radical (unpaired) electrons. The first-order valence-corrected chi connectivity index (χ1v) is 12.7. The number of aromatic nitrogens is 1. The molecule has 37 heavy (non-hydrogen) atoms. The Kier molecular flexibility index (Phi) is 11.9. The molecule has 0 bridgehead atoms. The van der Waals surface area contributed by atoms with Crippen LogP contribution in [0.15, 0.2) is 30.5 Å². The highest BCUT2D eigenvalue weighted by Gasteiger charge is 2.32. The molecule has 2 aromatic rings. The summed E-state index contributed by atoms with van der Waals surface area (Å²) in [4.78, 5) is 52.9. The second kappa shape index (κ2) is 14.6. The Bertz CT molecular complexity index is 1080. The highest BCUT2D eigenvalue weighted by atomic mass is 32.1. The predicted molar refractivity (Wildman–Crippen MR) is 142 cm³/mol. The van der Waals surface area contributed by atoms with Crippen LogP contribution in [0.1, 0.15) is 31.7 Å². The zero-order valence-electron chi connectivity index (χ0n) is 20.6. The fraction of sp³-hybridized carbons (Fsp3) is 0.500. The van der Waals surface area contributed by atoms with Gasteiger partial charge in [0.1, 0.15) is 18.1 Å². The molecule has 0 fully saturated rings. The molecule has 0 aliphatic carbocycles. The summed E-state index contributed by atoms with van der Waals surface area (Å²) in [5, 5.41) is 27.5. The van der Waals surface area contributed by atoms with E-state index in [1.807, 2.05) is 24.3 Å². The normalized spacial score (nSPS) is 15.3. The molecule has 13 heteroatoms. The van der Waals surface area contributed by atoms with Gasteiger partial charge in [0.15, 0.2) is 0 Å². The van der Waals surface area contributed by atoms with E-state index >= 15 is 0 Å². The van der Waals surface area contributed by atoms with Crippen LogP contribution in [0.5, 0.6) is 0 Å². The standard InChI is InChI=1S/C24H36N6O6S/c1-13(31)20(23(34)29-19(12-37)24(35)36)30-22(33)18(8-4-5-9-25)28-21(32)16(26)10-14-11-27-17-7-3-2-6-15(14)17/h2-3,6-7,11,13,16,18-20,27,31,37H,4-5,8-10,12,25-26H2,1H3,(H,28,32)(H,29,34)(H,30,33)(H,35,36). The second-order valence-electron chi connectivity index (χ2n) is 8.82. The number of carboxylic acid groups (broad SMARTS) is 1. The number of thiol groups is 1. The number of fused-ring (bicyclic) bond motifs is 1. The first-order valence-electron chi connectivity index (χ1n) is 12.0. The minimum atomic E-state index is -1.46. The van der Waals surface area contributed by atoms with Crippen LogP contribution in [0.2, 0.25) is 0 Å². The van der Waals surface area contributed by atoms with E-state index in [4.69, 9.17) is 16.6 Å². The molecule has 5 unspecified atom stereocenters. The molecular formula is C24H36N6O6S. The molecule has 5 atom stereocenters. The number of carboxylic acids is 1. The number of nitrogens with one attached hydrogen (secondary N) is 4. The number of aliphatic hydroxyl groups excluding tert-OH is 1. The number of H-pyrrole nitrogens is 1. The van der Waals surface area contributed by atoms with Gasteiger partial charge in [-0.1, -0.05) is 18.2 Å². The monoisotopic (exact) mass is 536 g/mol. The van der Waals surface area contributed by atoms with Crippen molar-refractivity contribution < 1.29 is 29.4 Å². The van der Waals surface area contributed by atoms with E-state index in [1.165, 1.54) is 6.92 Å². The van der Waals surface area contributed by atoms with Gasteiger partial charge >= 0.3 is 5.97 Å². The lowest BCUT2D eigenvalue weighted by atomic mass is 10.0. The minimum Gasteiger partial charge on any atom is -0.480 e. The number of carbonyl (C=O) groups excluding carboxylic acids is 3. The molecule has 1 aromatic heterocycles. The number of para-hydroxylation sites is 1. The average molecular weight is 537 g/mol. The van der Waals surface area contributed by atoms with Gasteiger partial charge in [-0.15, -0.1) is 0 Å². The molecule has 204 valence electrons. The maximum absolute atomic E-state index is 13.1. The van der Waals surface area contributed by atoms with Gasteiger partial charge in [0, 0.05) is 22.9 Å². The molecule has 2 rings (SSSR count). The number of aliphatic hydroxyl groups is 1. The Morgan fingerprint density at radius 3 is 2.32 bits per heavy atom. The van der Waals surface area contributed by atoms with Crippen LogP contribution in [0.4, 0.5) is 0 Å². The third kappa shape index (κ3) is 8.74. The zero-order chi connectivity index (χ0) is 27.5. The van der Waals surface area contributed by atoms with Gasteiger partial charge in [-0.2, -0.15) is 12.6 Å². The van der Waals surface area contributed by atoms with Crippen LogP contribution < -0.4 is 27.4 Å². The van der Waals surface area contributed by atoms with Crippen LogP contribution in [-0.4, -0.2) is 81.5 Å². The van der Waals surface area contributed by atoms with Gasteiger partial charge in [0.25, 0.3) is 0 Å². The van der Waals surface area contributed by atoms with Crippen molar-refractivity contribution in [3.05, 3.63) is 36.0 Å². The summed E-state index contributed by atoms with van der Waals surface area (Å²) in [7, 11) is 0. The number of amides is 3. The minimum absolute atomic E-state index is 0.187. The summed E-state index contributed by atoms with van der Waals surface area (Å²) < 4.78 is 0. The number of aromatic amines is 1. The Hall–Kier alpha value is -3.13. The summed E-state index contributed by atoms with van der Waals surface area (Å²) in [5.41, 5.74) is 13.5. The lowest BCUT2D eigenvalue weighted by Gasteiger charge is -2.26. The summed E-state index contributed by atoms with van der Waals surface area (Å²) in [6, 6.07) is 2.83. The van der Waals surface area contributed by atoms with E-state index in [-0.39, 0.29) is 18.6 Å². The quantitative estimate of drug-likeness (QED) is 0.102. The fourth-order valence-corrected chi connectivity index (χ4v) is 4.02. The molecule has 0 saturated heterocycles. The second-order valence-corrected chi connectivity index (χ2v) is 9.19. The Morgan fingerprint density at radius 1 is 1.03 bits per heavy atom. The smallest absolute Gasteiger partial charge is 0.327 e. The molecular weight excluding hydrogens is 500 g/mol. The largest absolute Gasteiger partial charge is 0.480 e. The SMILES string of the molecule is CC(O)C(NC(=O)C(CCCCN)NC(=O)C(N)Cc1c[nH]c2ccccc12)C(=O)NC(CS)C(=O)O. The first-order chi connectivity index (χ1) is 17.6. The molecule has 0 aliphatic rings. The molecule has 0 spiro atoms. The average Bonchev–Trinajstić information content (AvgIpc) is 3.27. The van der Waals surface area contributed by atoms with E-state index < -0.39 is 54.0 Å². The topological polar surface area (TPSA) is 213 Å². The van der Waals surface area contributed by atoms with Crippen molar-refractivity contribution in [3.8, 4) is 0 Å². The van der Waals surface area contributed by atoms with Crippen LogP contribution in [0, 0.1) is 0 Å². The van der Waals surface area contributed by atoms with Crippen molar-refractivity contribution in [2.75, 3.05) is 12.3 Å². The lowest BCUT2D eigenvalue weighted by Crippen LogP contribution is -2.60. The number of benzene rings is 1. The van der Waals surface area contributed by atoms with Crippen LogP contribution >= 0.6 is 12.6 Å². The van der Waals surface area contributed by atoms with Gasteiger partial charge in [-0.05, 0) is 50.8 Å². The molecule has 0 saturated carbocycles. The first kappa shape index (κ1) is 30.1. The summed E-state index contributed by atoms with van der Waals surface area (Å²) in [6.07, 6.45) is 2.00. The number of unbranched alkanes of at least 4 members (excludes halogenated alkanes) is 1. The third-order valence-electron chi connectivity index (χ3n) is 5.89. The Morgan fingerprint density at radius 2 is 1.70 bits per heavy atom. The van der Waals surface area contributed by atoms with Gasteiger partial charge < -0.3 is 42.6 Å². The zero-order valence-corrected chi connectivity index (χ0v) is 21.5. The predicted octanol–water partition coefficient (Wildman–Crippen LogP) is -0.984. The number of nitrogens with two attached hydrogens (primary N) is 2. The molecule has 1 heterocycles. The summed E-state index contributed by atoms with van der Waals surface area (Å²) >= 11 is 3.89. The van der Waals surface area contributed by atoms with Gasteiger partial charge in [0.2, 0.25) is 17.7 Å². The number of aliphatic carboxylic acids is 1. The van der Waals surface area contributed by atoms with Crippen LogP contribution in [-0.2, 0) is 25.6 Å². The van der Waals surface area contributed by atoms with Crippen LogP contribution in [0.25, 0.3) is 10.9 Å². The van der Waals surface area contributed by atoms with Crippen molar-refractivity contribution in [1.29, 1.82) is 0 Å². The number of carbonyl (C=O) groups is 4. The van der Waals surface area contributed by atoms with E-state index in [9.17, 15) is 24.3 Å². The van der Waals surface area contributed by atoms with Crippen LogP contribution in [0.3, 0.4) is 0 Å². The van der Waals surface area contributed by atoms with E-state index in [2.05, 4.69) is 33.6 Å². The van der Waals surface area contributed by atoms with E-state index in [0.717, 1.165) is 16.5 Å². The molecule has 10 N–H and O–H groups in total. The van der Waals surface area contributed by atoms with Gasteiger partial charge in [0.05, 0.1) is 12.1 Å². The van der Waals surface area contributed by atoms with Crippen molar-refractivity contribution in [2.24, 2.45) is 11.5 Å². The van der Waals surface area contributed by atoms with Gasteiger partial charge in [-0.3, -0.25) is 14.4 Å².